The van der Waals surface area contributed by atoms with Gasteiger partial charge >= 0.3 is 0 Å². The molecule has 2 rings (SSSR count). The molecule has 118 valence electrons. The Morgan fingerprint density at radius 3 is 2.83 bits per heavy atom. The van der Waals surface area contributed by atoms with Crippen LogP contribution < -0.4 is 5.32 Å². The van der Waals surface area contributed by atoms with Crippen molar-refractivity contribution in [1.82, 2.24) is 10.3 Å². The summed E-state index contributed by atoms with van der Waals surface area (Å²) in [5.74, 6) is -1.10. The molecule has 1 aromatic carbocycles. The van der Waals surface area contributed by atoms with Crippen LogP contribution in [0.15, 0.2) is 30.0 Å². The number of aromatic nitrogens is 1. The third kappa shape index (κ3) is 4.31. The SMILES string of the molecule is CCc1cnc(CNC(=O)/C(C#N)=C/c2ccc(O)c(O)c2)s1. The zero-order chi connectivity index (χ0) is 16.8. The van der Waals surface area contributed by atoms with Gasteiger partial charge in [-0.15, -0.1) is 11.3 Å². The smallest absolute Gasteiger partial charge is 0.262 e. The first-order chi connectivity index (χ1) is 11.0. The maximum Gasteiger partial charge on any atom is 0.262 e. The second-order valence-corrected chi connectivity index (χ2v) is 5.87. The molecule has 1 aromatic heterocycles. The van der Waals surface area contributed by atoms with Crippen molar-refractivity contribution in [2.24, 2.45) is 0 Å². The normalized spacial score (nSPS) is 11.0. The molecule has 0 fully saturated rings. The average Bonchev–Trinajstić information content (AvgIpc) is 3.01. The second kappa shape index (κ2) is 7.42. The van der Waals surface area contributed by atoms with Crippen molar-refractivity contribution >= 4 is 23.3 Å². The first kappa shape index (κ1) is 16.5. The maximum absolute atomic E-state index is 12.0. The zero-order valence-electron chi connectivity index (χ0n) is 12.4. The minimum atomic E-state index is -0.520. The first-order valence-electron chi connectivity index (χ1n) is 6.89. The van der Waals surface area contributed by atoms with Crippen LogP contribution >= 0.6 is 11.3 Å². The summed E-state index contributed by atoms with van der Waals surface area (Å²) >= 11 is 1.51. The van der Waals surface area contributed by atoms with Crippen molar-refractivity contribution in [2.75, 3.05) is 0 Å². The summed E-state index contributed by atoms with van der Waals surface area (Å²) in [4.78, 5) is 17.4. The van der Waals surface area contributed by atoms with E-state index in [1.54, 1.807) is 6.20 Å². The van der Waals surface area contributed by atoms with Crippen LogP contribution in [0, 0.1) is 11.3 Å². The van der Waals surface area contributed by atoms with Crippen LogP contribution in [0.3, 0.4) is 0 Å². The van der Waals surface area contributed by atoms with Gasteiger partial charge in [0.15, 0.2) is 11.5 Å². The highest BCUT2D eigenvalue weighted by molar-refractivity contribution is 7.11. The van der Waals surface area contributed by atoms with Gasteiger partial charge in [0.1, 0.15) is 16.6 Å². The summed E-state index contributed by atoms with van der Waals surface area (Å²) in [6.07, 6.45) is 4.00. The summed E-state index contributed by atoms with van der Waals surface area (Å²) < 4.78 is 0. The van der Waals surface area contributed by atoms with E-state index in [9.17, 15) is 15.0 Å². The van der Waals surface area contributed by atoms with E-state index in [1.807, 2.05) is 13.0 Å². The number of rotatable bonds is 5. The van der Waals surface area contributed by atoms with Gasteiger partial charge in [-0.05, 0) is 30.2 Å². The number of thiazole rings is 1. The molecule has 1 amide bonds. The van der Waals surface area contributed by atoms with Gasteiger partial charge in [-0.2, -0.15) is 5.26 Å². The van der Waals surface area contributed by atoms with Crippen molar-refractivity contribution in [2.45, 2.75) is 19.9 Å². The van der Waals surface area contributed by atoms with Gasteiger partial charge in [-0.3, -0.25) is 4.79 Å². The number of nitrogens with one attached hydrogen (secondary N) is 1. The van der Waals surface area contributed by atoms with E-state index >= 15 is 0 Å². The van der Waals surface area contributed by atoms with Crippen LogP contribution in [-0.2, 0) is 17.8 Å². The van der Waals surface area contributed by atoms with Crippen LogP contribution in [0.1, 0.15) is 22.4 Å². The fourth-order valence-corrected chi connectivity index (χ4v) is 2.59. The molecule has 0 aliphatic heterocycles. The van der Waals surface area contributed by atoms with Gasteiger partial charge in [-0.25, -0.2) is 4.98 Å². The zero-order valence-corrected chi connectivity index (χ0v) is 13.2. The topological polar surface area (TPSA) is 106 Å². The van der Waals surface area contributed by atoms with E-state index in [4.69, 9.17) is 5.26 Å². The van der Waals surface area contributed by atoms with Crippen LogP contribution in [0.2, 0.25) is 0 Å². The van der Waals surface area contributed by atoms with E-state index in [1.165, 1.54) is 35.6 Å². The molecule has 0 radical (unpaired) electrons. The Kier molecular flexibility index (Phi) is 5.33. The number of benzene rings is 1. The van der Waals surface area contributed by atoms with Crippen molar-refractivity contribution < 1.29 is 15.0 Å². The van der Waals surface area contributed by atoms with Crippen molar-refractivity contribution in [3.8, 4) is 17.6 Å². The Morgan fingerprint density at radius 1 is 1.43 bits per heavy atom. The van der Waals surface area contributed by atoms with Crippen LogP contribution in [0.5, 0.6) is 11.5 Å². The van der Waals surface area contributed by atoms with E-state index < -0.39 is 5.91 Å². The Morgan fingerprint density at radius 2 is 2.22 bits per heavy atom. The number of hydrogen-bond acceptors (Lipinski definition) is 6. The van der Waals surface area contributed by atoms with E-state index in [0.29, 0.717) is 5.56 Å². The number of hydrogen-bond donors (Lipinski definition) is 3. The fraction of sp³-hybridized carbons (Fsp3) is 0.188. The van der Waals surface area contributed by atoms with Gasteiger partial charge in [0.05, 0.1) is 6.54 Å². The number of aromatic hydroxyl groups is 2. The molecule has 7 heteroatoms. The lowest BCUT2D eigenvalue weighted by molar-refractivity contribution is -0.117. The minimum absolute atomic E-state index is 0.0950. The van der Waals surface area contributed by atoms with Crippen molar-refractivity contribution in [1.29, 1.82) is 5.26 Å². The van der Waals surface area contributed by atoms with Crippen LogP contribution in [-0.4, -0.2) is 21.1 Å². The van der Waals surface area contributed by atoms with Crippen LogP contribution in [0.25, 0.3) is 6.08 Å². The molecule has 0 bridgehead atoms. The Hall–Kier alpha value is -2.85. The van der Waals surface area contributed by atoms with Gasteiger partial charge in [-0.1, -0.05) is 13.0 Å². The van der Waals surface area contributed by atoms with E-state index in [-0.39, 0.29) is 23.6 Å². The lowest BCUT2D eigenvalue weighted by atomic mass is 10.1. The van der Waals surface area contributed by atoms with E-state index in [0.717, 1.165) is 16.3 Å². The largest absolute Gasteiger partial charge is 0.504 e. The highest BCUT2D eigenvalue weighted by Gasteiger charge is 2.10. The lowest BCUT2D eigenvalue weighted by Gasteiger charge is -2.03. The third-order valence-electron chi connectivity index (χ3n) is 3.03. The minimum Gasteiger partial charge on any atom is -0.504 e. The molecule has 1 heterocycles. The number of carbonyl (C=O) groups is 1. The molecule has 0 aliphatic carbocycles. The Bertz CT molecular complexity index is 790. The van der Waals surface area contributed by atoms with Crippen LogP contribution in [0.4, 0.5) is 0 Å². The maximum atomic E-state index is 12.0. The Labute approximate surface area is 137 Å². The molecular formula is C16H15N3O3S. The summed E-state index contributed by atoms with van der Waals surface area (Å²) in [5, 5.41) is 31.2. The summed E-state index contributed by atoms with van der Waals surface area (Å²) in [5.41, 5.74) is 0.344. The number of amides is 1. The molecule has 0 saturated carbocycles. The van der Waals surface area contributed by atoms with Gasteiger partial charge < -0.3 is 15.5 Å². The molecule has 2 aromatic rings. The molecule has 0 saturated heterocycles. The summed E-state index contributed by atoms with van der Waals surface area (Å²) in [7, 11) is 0. The quantitative estimate of drug-likeness (QED) is 0.443. The second-order valence-electron chi connectivity index (χ2n) is 4.67. The summed E-state index contributed by atoms with van der Waals surface area (Å²) in [6, 6.07) is 5.88. The predicted octanol–water partition coefficient (Wildman–Crippen LogP) is 2.34. The third-order valence-corrected chi connectivity index (χ3v) is 4.17. The standard InChI is InChI=1S/C16H15N3O3S/c1-2-12-8-18-15(23-12)9-19-16(22)11(7-17)5-10-3-4-13(20)14(21)6-10/h3-6,8,20-21H,2,9H2,1H3,(H,19,22)/b11-5+. The highest BCUT2D eigenvalue weighted by atomic mass is 32.1. The van der Waals surface area contributed by atoms with Gasteiger partial charge in [0.2, 0.25) is 0 Å². The highest BCUT2D eigenvalue weighted by Crippen LogP contribution is 2.25. The number of nitrogens with zero attached hydrogens (tertiary/aromatic N) is 2. The van der Waals surface area contributed by atoms with Crippen molar-refractivity contribution in [3.05, 3.63) is 45.4 Å². The number of phenols is 2. The molecule has 0 atom stereocenters. The molecule has 6 nitrogen and oxygen atoms in total. The molecular weight excluding hydrogens is 314 g/mol. The van der Waals surface area contributed by atoms with Gasteiger partial charge in [0.25, 0.3) is 5.91 Å². The molecule has 0 unspecified atom stereocenters. The predicted molar refractivity (Wildman–Crippen MR) is 86.7 cm³/mol. The lowest BCUT2D eigenvalue weighted by Crippen LogP contribution is -2.23. The van der Waals surface area contributed by atoms with E-state index in [2.05, 4.69) is 10.3 Å². The first-order valence-corrected chi connectivity index (χ1v) is 7.70. The number of phenolic OH excluding ortho intramolecular Hbond substituents is 2. The molecule has 0 aliphatic rings. The summed E-state index contributed by atoms with van der Waals surface area (Å²) in [6.45, 7) is 2.28. The Balaban J connectivity index is 2.07. The average molecular weight is 329 g/mol. The monoisotopic (exact) mass is 329 g/mol. The molecule has 0 spiro atoms. The number of nitriles is 1. The van der Waals surface area contributed by atoms with Crippen molar-refractivity contribution in [3.63, 3.8) is 0 Å². The van der Waals surface area contributed by atoms with Gasteiger partial charge in [0, 0.05) is 11.1 Å². The number of aryl methyl sites for hydroxylation is 1. The molecule has 3 N–H and O–H groups in total. The molecule has 23 heavy (non-hydrogen) atoms. The fourth-order valence-electron chi connectivity index (χ4n) is 1.79. The number of carbonyl (C=O) groups excluding carboxylic acids is 1.